The van der Waals surface area contributed by atoms with Gasteiger partial charge in [0.15, 0.2) is 0 Å². The molecule has 0 saturated carbocycles. The first-order valence-electron chi connectivity index (χ1n) is 13.3. The van der Waals surface area contributed by atoms with Gasteiger partial charge in [-0.05, 0) is 59.9 Å². The molecule has 1 heterocycles. The number of ether oxygens (including phenoxy) is 1. The van der Waals surface area contributed by atoms with Gasteiger partial charge in [0.05, 0.1) is 30.3 Å². The van der Waals surface area contributed by atoms with Gasteiger partial charge in [0.1, 0.15) is 17.0 Å². The number of halogens is 4. The van der Waals surface area contributed by atoms with E-state index >= 15 is 8.78 Å². The number of anilines is 1. The molecule has 0 bridgehead atoms. The average Bonchev–Trinajstić information content (AvgIpc) is 3.21. The maximum atomic E-state index is 15.7. The zero-order chi connectivity index (χ0) is 30.8. The van der Waals surface area contributed by atoms with E-state index in [1.165, 1.54) is 37.4 Å². The van der Waals surface area contributed by atoms with Gasteiger partial charge < -0.3 is 10.1 Å². The Bertz CT molecular complexity index is 1540. The van der Waals surface area contributed by atoms with E-state index in [1.54, 1.807) is 24.3 Å². The van der Waals surface area contributed by atoms with Crippen LogP contribution in [0, 0.1) is 28.4 Å². The highest BCUT2D eigenvalue weighted by Crippen LogP contribution is 2.53. The Morgan fingerprint density at radius 3 is 2.40 bits per heavy atom. The van der Waals surface area contributed by atoms with Crippen molar-refractivity contribution in [2.24, 2.45) is 5.41 Å². The zero-order valence-corrected chi connectivity index (χ0v) is 25.2. The number of nitrogens with zero attached hydrogens (tertiary/aromatic N) is 2. The maximum Gasteiger partial charge on any atom is 0.337 e. The molecule has 0 spiro atoms. The van der Waals surface area contributed by atoms with E-state index in [9.17, 15) is 14.9 Å². The SMILES string of the molecule is COC(=O)c1ccc(NC(=O)CN2C[C@H](c3cccc(Cl)c3F)[C@@](C#N)(c3ccc(Cl)cc3F)[C@@H]2CC(C)(C)C)cc1. The summed E-state index contributed by atoms with van der Waals surface area (Å²) in [5.41, 5.74) is -0.915. The van der Waals surface area contributed by atoms with Gasteiger partial charge in [0, 0.05) is 34.8 Å². The predicted molar refractivity (Wildman–Crippen MR) is 159 cm³/mol. The monoisotopic (exact) mass is 613 g/mol. The fourth-order valence-electron chi connectivity index (χ4n) is 5.80. The molecule has 3 aromatic rings. The summed E-state index contributed by atoms with van der Waals surface area (Å²) in [6, 6.07) is 16.6. The first-order chi connectivity index (χ1) is 19.8. The van der Waals surface area contributed by atoms with Gasteiger partial charge >= 0.3 is 5.97 Å². The Balaban J connectivity index is 1.79. The van der Waals surface area contributed by atoms with Crippen LogP contribution in [-0.4, -0.2) is 43.0 Å². The van der Waals surface area contributed by atoms with Gasteiger partial charge in [0.2, 0.25) is 5.91 Å². The summed E-state index contributed by atoms with van der Waals surface area (Å²) in [6.45, 7) is 5.89. The molecule has 0 unspecified atom stereocenters. The Morgan fingerprint density at radius 1 is 1.12 bits per heavy atom. The van der Waals surface area contributed by atoms with E-state index in [-0.39, 0.29) is 39.7 Å². The van der Waals surface area contributed by atoms with Crippen molar-refractivity contribution < 1.29 is 23.1 Å². The van der Waals surface area contributed by atoms with Crippen molar-refractivity contribution in [1.29, 1.82) is 5.26 Å². The van der Waals surface area contributed by atoms with Crippen LogP contribution in [-0.2, 0) is 14.9 Å². The number of hydrogen-bond donors (Lipinski definition) is 1. The molecule has 10 heteroatoms. The third kappa shape index (κ3) is 6.29. The molecule has 1 aliphatic rings. The fraction of sp³-hybridized carbons (Fsp3) is 0.344. The van der Waals surface area contributed by atoms with Crippen LogP contribution in [0.1, 0.15) is 54.6 Å². The second-order valence-electron chi connectivity index (χ2n) is 11.6. The summed E-state index contributed by atoms with van der Waals surface area (Å²) in [5.74, 6) is -3.14. The third-order valence-corrected chi connectivity index (χ3v) is 8.12. The van der Waals surface area contributed by atoms with E-state index in [4.69, 9.17) is 27.9 Å². The molecule has 1 saturated heterocycles. The smallest absolute Gasteiger partial charge is 0.337 e. The van der Waals surface area contributed by atoms with Crippen molar-refractivity contribution in [2.45, 2.75) is 44.6 Å². The number of nitrogens with one attached hydrogen (secondary N) is 1. The lowest BCUT2D eigenvalue weighted by atomic mass is 9.64. The summed E-state index contributed by atoms with van der Waals surface area (Å²) >= 11 is 12.2. The minimum absolute atomic E-state index is 0.0781. The number of likely N-dealkylation sites (tertiary alicyclic amines) is 1. The molecule has 6 nitrogen and oxygen atoms in total. The van der Waals surface area contributed by atoms with Crippen molar-refractivity contribution in [3.8, 4) is 6.07 Å². The number of rotatable bonds is 7. The average molecular weight is 615 g/mol. The minimum Gasteiger partial charge on any atom is -0.465 e. The molecule has 1 N–H and O–H groups in total. The van der Waals surface area contributed by atoms with Gasteiger partial charge in [-0.25, -0.2) is 13.6 Å². The van der Waals surface area contributed by atoms with Crippen LogP contribution in [0.15, 0.2) is 60.7 Å². The standard InChI is InChI=1S/C32H31Cl2F2N3O3/c1-31(2,3)15-27-32(18-37,23-13-10-20(33)14-26(23)35)24(22-6-5-7-25(34)29(22)36)16-39(27)17-28(40)38-21-11-8-19(9-12-21)30(41)42-4/h5-14,24,27H,15-17H2,1-4H3,(H,38,40)/t24-,27+,32-/m1/s1. The molecular formula is C32H31Cl2F2N3O3. The highest BCUT2D eigenvalue weighted by Gasteiger charge is 2.58. The van der Waals surface area contributed by atoms with Crippen LogP contribution in [0.2, 0.25) is 10.0 Å². The van der Waals surface area contributed by atoms with Gasteiger partial charge in [0.25, 0.3) is 0 Å². The summed E-state index contributed by atoms with van der Waals surface area (Å²) in [7, 11) is 1.28. The molecule has 4 rings (SSSR count). The number of hydrogen-bond acceptors (Lipinski definition) is 5. The van der Waals surface area contributed by atoms with E-state index < -0.39 is 40.9 Å². The normalized spacial score (nSPS) is 20.6. The van der Waals surface area contributed by atoms with Crippen molar-refractivity contribution in [3.63, 3.8) is 0 Å². The Hall–Kier alpha value is -3.51. The molecular weight excluding hydrogens is 583 g/mol. The van der Waals surface area contributed by atoms with Crippen molar-refractivity contribution >= 4 is 40.8 Å². The quantitative estimate of drug-likeness (QED) is 0.281. The molecule has 3 atom stereocenters. The molecule has 1 fully saturated rings. The first-order valence-corrected chi connectivity index (χ1v) is 14.1. The third-order valence-electron chi connectivity index (χ3n) is 7.59. The number of carbonyl (C=O) groups excluding carboxylic acids is 2. The number of nitriles is 1. The molecule has 0 aliphatic carbocycles. The first kappa shape index (κ1) is 31.4. The number of carbonyl (C=O) groups is 2. The van der Waals surface area contributed by atoms with Crippen molar-refractivity contribution in [1.82, 2.24) is 4.90 Å². The van der Waals surface area contributed by atoms with Crippen LogP contribution < -0.4 is 5.32 Å². The second kappa shape index (κ2) is 12.4. The van der Waals surface area contributed by atoms with E-state index in [2.05, 4.69) is 11.4 Å². The summed E-state index contributed by atoms with van der Waals surface area (Å²) < 4.78 is 36.0. The molecule has 1 amide bonds. The van der Waals surface area contributed by atoms with Crippen LogP contribution in [0.4, 0.5) is 14.5 Å². The fourth-order valence-corrected chi connectivity index (χ4v) is 6.14. The Labute approximate surface area is 254 Å². The largest absolute Gasteiger partial charge is 0.465 e. The number of amides is 1. The lowest BCUT2D eigenvalue weighted by molar-refractivity contribution is -0.117. The number of methoxy groups -OCH3 is 1. The van der Waals surface area contributed by atoms with Gasteiger partial charge in [-0.15, -0.1) is 0 Å². The highest BCUT2D eigenvalue weighted by atomic mass is 35.5. The Morgan fingerprint density at radius 2 is 1.81 bits per heavy atom. The van der Waals surface area contributed by atoms with Crippen LogP contribution in [0.3, 0.4) is 0 Å². The molecule has 0 radical (unpaired) electrons. The second-order valence-corrected chi connectivity index (χ2v) is 12.5. The maximum absolute atomic E-state index is 15.7. The summed E-state index contributed by atoms with van der Waals surface area (Å²) in [5, 5.41) is 13.8. The van der Waals surface area contributed by atoms with Crippen LogP contribution in [0.5, 0.6) is 0 Å². The molecule has 220 valence electrons. The summed E-state index contributed by atoms with van der Waals surface area (Å²) in [4.78, 5) is 26.9. The van der Waals surface area contributed by atoms with Gasteiger partial charge in [-0.3, -0.25) is 9.69 Å². The lowest BCUT2D eigenvalue weighted by Gasteiger charge is -2.39. The molecule has 1 aliphatic heterocycles. The van der Waals surface area contributed by atoms with E-state index in [1.807, 2.05) is 25.7 Å². The van der Waals surface area contributed by atoms with E-state index in [0.29, 0.717) is 17.7 Å². The topological polar surface area (TPSA) is 82.4 Å². The molecule has 0 aromatic heterocycles. The summed E-state index contributed by atoms with van der Waals surface area (Å²) in [6.07, 6.45) is 0.391. The number of esters is 1. The predicted octanol–water partition coefficient (Wildman–Crippen LogP) is 7.36. The van der Waals surface area contributed by atoms with E-state index in [0.717, 1.165) is 6.07 Å². The van der Waals surface area contributed by atoms with Crippen molar-refractivity contribution in [3.05, 3.63) is 99.0 Å². The van der Waals surface area contributed by atoms with Gasteiger partial charge in [-0.2, -0.15) is 5.26 Å². The Kier molecular flexibility index (Phi) is 9.27. The highest BCUT2D eigenvalue weighted by molar-refractivity contribution is 6.31. The van der Waals surface area contributed by atoms with Crippen LogP contribution in [0.25, 0.3) is 0 Å². The zero-order valence-electron chi connectivity index (χ0n) is 23.7. The van der Waals surface area contributed by atoms with Gasteiger partial charge in [-0.1, -0.05) is 62.2 Å². The minimum atomic E-state index is -1.59. The van der Waals surface area contributed by atoms with Crippen LogP contribution >= 0.6 is 23.2 Å². The molecule has 42 heavy (non-hydrogen) atoms. The lowest BCUT2D eigenvalue weighted by Crippen LogP contribution is -2.48. The molecule has 3 aromatic carbocycles. The van der Waals surface area contributed by atoms with Crippen molar-refractivity contribution in [2.75, 3.05) is 25.5 Å². The number of benzene rings is 3.